The highest BCUT2D eigenvalue weighted by atomic mass is 32.1. The van der Waals surface area contributed by atoms with E-state index >= 15 is 0 Å². The molecule has 0 amide bonds. The molecule has 1 aliphatic heterocycles. The molecule has 0 N–H and O–H groups in total. The molecule has 1 heterocycles. The molecule has 0 saturated carbocycles. The normalized spacial score (nSPS) is 19.7. The molecule has 2 aromatic rings. The summed E-state index contributed by atoms with van der Waals surface area (Å²) in [6.07, 6.45) is 0. The molecule has 0 atom stereocenters. The van der Waals surface area contributed by atoms with Crippen LogP contribution >= 0.6 is 0 Å². The molecule has 0 aromatic heterocycles. The van der Waals surface area contributed by atoms with E-state index in [2.05, 4.69) is 137 Å². The Morgan fingerprint density at radius 2 is 0.643 bits per heavy atom. The topological polar surface area (TPSA) is 19.4 Å². The van der Waals surface area contributed by atoms with Crippen molar-refractivity contribution in [3.63, 3.8) is 0 Å². The molecule has 2 aromatic carbocycles. The Labute approximate surface area is 268 Å². The van der Waals surface area contributed by atoms with E-state index in [4.69, 9.17) is 25.3 Å². The van der Waals surface area contributed by atoms with Gasteiger partial charge in [-0.05, 0) is 64.2 Å². The van der Waals surface area contributed by atoms with Gasteiger partial charge in [-0.1, -0.05) is 88.1 Å². The van der Waals surface area contributed by atoms with Gasteiger partial charge in [0.1, 0.15) is 0 Å². The van der Waals surface area contributed by atoms with Gasteiger partial charge in [0.25, 0.3) is 0 Å². The van der Waals surface area contributed by atoms with E-state index in [0.29, 0.717) is 0 Å². The van der Waals surface area contributed by atoms with Crippen molar-refractivity contribution in [1.82, 2.24) is 29.4 Å². The Bertz CT molecular complexity index is 1040. The third kappa shape index (κ3) is 9.83. The van der Waals surface area contributed by atoms with E-state index in [1.54, 1.807) is 0 Å². The van der Waals surface area contributed by atoms with E-state index in [1.165, 1.54) is 33.4 Å². The number of fused-ring (bicyclic) bond motifs is 4. The third-order valence-corrected chi connectivity index (χ3v) is 8.96. The fourth-order valence-electron chi connectivity index (χ4n) is 5.95. The van der Waals surface area contributed by atoms with E-state index in [1.807, 2.05) is 0 Å². The van der Waals surface area contributed by atoms with Crippen molar-refractivity contribution in [2.75, 3.05) is 69.0 Å². The molecule has 0 aliphatic carbocycles. The lowest BCUT2D eigenvalue weighted by Crippen LogP contribution is -2.40. The summed E-state index contributed by atoms with van der Waals surface area (Å²) in [5.41, 5.74) is 7.80. The summed E-state index contributed by atoms with van der Waals surface area (Å²) in [7, 11) is 13.2. The van der Waals surface area contributed by atoms with Crippen molar-refractivity contribution in [1.29, 1.82) is 0 Å². The van der Waals surface area contributed by atoms with Crippen LogP contribution in [0.4, 0.5) is 0 Å². The first kappa shape index (κ1) is 35.1. The first-order valence-corrected chi connectivity index (χ1v) is 15.9. The summed E-state index contributed by atoms with van der Waals surface area (Å²) < 4.78 is 0. The molecule has 236 valence electrons. The molecule has 0 spiro atoms. The minimum Gasteiger partial charge on any atom is -0.779 e. The Morgan fingerprint density at radius 3 is 0.833 bits per heavy atom. The van der Waals surface area contributed by atoms with Gasteiger partial charge in [-0.2, -0.15) is 9.79 Å². The van der Waals surface area contributed by atoms with Gasteiger partial charge in [-0.3, -0.25) is 29.4 Å². The third-order valence-electron chi connectivity index (χ3n) is 7.91. The Hall–Kier alpha value is -1.36. The van der Waals surface area contributed by atoms with Gasteiger partial charge in [0, 0.05) is 26.2 Å². The Balaban J connectivity index is 1.99. The fraction of sp³-hybridized carbons (Fsp3) is 0.647. The average Bonchev–Trinajstić information content (AvgIpc) is 2.81. The summed E-state index contributed by atoms with van der Waals surface area (Å²) in [4.78, 5) is 16.2. The average molecular weight is 613 g/mol. The number of nitrogens with zero attached hydrogens (tertiary/aromatic N) is 6. The highest BCUT2D eigenvalue weighted by molar-refractivity contribution is 7.59. The first-order chi connectivity index (χ1) is 19.3. The maximum absolute atomic E-state index is 6.11. The summed E-state index contributed by atoms with van der Waals surface area (Å²) in [6, 6.07) is 9.36. The van der Waals surface area contributed by atoms with Crippen molar-refractivity contribution >= 4 is 25.3 Å². The first-order valence-electron chi connectivity index (χ1n) is 15.1. The van der Waals surface area contributed by atoms with Crippen molar-refractivity contribution in [3.8, 4) is 0 Å². The molecule has 0 radical (unpaired) electrons. The van der Waals surface area contributed by atoms with Gasteiger partial charge in [0.15, 0.2) is 0 Å². The minimum atomic E-state index is 0.0583. The van der Waals surface area contributed by atoms with Crippen LogP contribution in [0.15, 0.2) is 34.1 Å². The second-order valence-electron chi connectivity index (χ2n) is 15.1. The zero-order valence-corrected chi connectivity index (χ0v) is 30.1. The highest BCUT2D eigenvalue weighted by Crippen LogP contribution is 2.30. The smallest absolute Gasteiger partial charge is 0.0515 e. The van der Waals surface area contributed by atoms with E-state index in [0.717, 1.165) is 62.6 Å². The molecule has 3 rings (SSSR count). The van der Waals surface area contributed by atoms with Gasteiger partial charge in [0.05, 0.1) is 26.7 Å². The summed E-state index contributed by atoms with van der Waals surface area (Å²) in [5, 5.41) is 0. The second-order valence-corrected chi connectivity index (χ2v) is 15.9. The van der Waals surface area contributed by atoms with Crippen molar-refractivity contribution < 1.29 is 0 Å². The van der Waals surface area contributed by atoms with Crippen molar-refractivity contribution in [2.24, 2.45) is 0 Å². The predicted octanol–water partition coefficient (Wildman–Crippen LogP) is 5.23. The summed E-state index contributed by atoms with van der Waals surface area (Å²) >= 11 is 12.2. The van der Waals surface area contributed by atoms with Gasteiger partial charge < -0.3 is 25.3 Å². The standard InChI is InChI=1S/C34H58N6S2/c1-33(2,3)29-13-25-17-35(7)21-39(11)23-37(9)19-27-15-30(34(4,5)6)16-28(32(27)42)20-38(10)24-40(12)22-36(8)18-26(14-29)31(25)41/h13-16,41-42H,17-24H2,1-12H3/p-2. The van der Waals surface area contributed by atoms with Crippen LogP contribution in [0.3, 0.4) is 0 Å². The monoisotopic (exact) mass is 612 g/mol. The number of benzene rings is 2. The zero-order chi connectivity index (χ0) is 31.6. The molecule has 0 saturated heterocycles. The highest BCUT2D eigenvalue weighted by Gasteiger charge is 2.20. The van der Waals surface area contributed by atoms with Crippen molar-refractivity contribution in [2.45, 2.75) is 88.3 Å². The molecule has 8 heteroatoms. The lowest BCUT2D eigenvalue weighted by molar-refractivity contribution is 0.108. The SMILES string of the molecule is CN1Cc2cc(C(C)(C)C)cc(c2[S-])CN(C)CN(C)CN(C)Cc2cc(C(C)(C)C)cc(c2[S-])CN(C)CN(C)C1. The minimum absolute atomic E-state index is 0.0583. The van der Waals surface area contributed by atoms with Crippen LogP contribution in [0.25, 0.3) is 0 Å². The lowest BCUT2D eigenvalue weighted by Gasteiger charge is -2.35. The molecule has 0 unspecified atom stereocenters. The van der Waals surface area contributed by atoms with Gasteiger partial charge in [-0.25, -0.2) is 0 Å². The van der Waals surface area contributed by atoms with Crippen LogP contribution in [0.2, 0.25) is 0 Å². The van der Waals surface area contributed by atoms with Crippen LogP contribution in [-0.2, 0) is 62.3 Å². The molecule has 0 fully saturated rings. The van der Waals surface area contributed by atoms with Crippen LogP contribution in [0.1, 0.15) is 74.9 Å². The van der Waals surface area contributed by atoms with Gasteiger partial charge in [-0.15, -0.1) is 0 Å². The number of hydrogen-bond acceptors (Lipinski definition) is 8. The van der Waals surface area contributed by atoms with Crippen molar-refractivity contribution in [3.05, 3.63) is 57.6 Å². The molecule has 42 heavy (non-hydrogen) atoms. The van der Waals surface area contributed by atoms with Gasteiger partial charge in [0.2, 0.25) is 0 Å². The molecular weight excluding hydrogens is 557 g/mol. The largest absolute Gasteiger partial charge is 0.779 e. The maximum atomic E-state index is 6.11. The van der Waals surface area contributed by atoms with Crippen LogP contribution in [0, 0.1) is 0 Å². The summed E-state index contributed by atoms with van der Waals surface area (Å²) in [6.45, 7) is 20.4. The molecule has 6 nitrogen and oxygen atoms in total. The molecular formula is C34H56N6S2-2. The Kier molecular flexibility index (Phi) is 11.8. The van der Waals surface area contributed by atoms with Gasteiger partial charge >= 0.3 is 0 Å². The van der Waals surface area contributed by atoms with E-state index in [9.17, 15) is 0 Å². The zero-order valence-electron chi connectivity index (χ0n) is 28.5. The quantitative estimate of drug-likeness (QED) is 0.372. The Morgan fingerprint density at radius 1 is 0.429 bits per heavy atom. The van der Waals surface area contributed by atoms with E-state index in [-0.39, 0.29) is 10.8 Å². The van der Waals surface area contributed by atoms with Crippen LogP contribution in [0.5, 0.6) is 0 Å². The number of hydrogen-bond donors (Lipinski definition) is 0. The number of rotatable bonds is 0. The van der Waals surface area contributed by atoms with Crippen LogP contribution in [-0.4, -0.2) is 98.4 Å². The molecule has 4 bridgehead atoms. The van der Waals surface area contributed by atoms with Crippen LogP contribution < -0.4 is 0 Å². The second kappa shape index (κ2) is 14.2. The predicted molar refractivity (Wildman–Crippen MR) is 182 cm³/mol. The van der Waals surface area contributed by atoms with E-state index < -0.39 is 0 Å². The lowest BCUT2D eigenvalue weighted by atomic mass is 9.85. The maximum Gasteiger partial charge on any atom is 0.0515 e. The fourth-order valence-corrected chi connectivity index (χ4v) is 6.44. The summed E-state index contributed by atoms with van der Waals surface area (Å²) in [5.74, 6) is 0. The molecule has 1 aliphatic rings.